The number of likely N-dealkylation sites (tertiary alicyclic amines) is 1. The largest absolute Gasteiger partial charge is 0.497 e. The topological polar surface area (TPSA) is 47.4 Å². The van der Waals surface area contributed by atoms with Crippen LogP contribution in [0, 0.1) is 0 Å². The van der Waals surface area contributed by atoms with Crippen molar-refractivity contribution in [2.24, 2.45) is 7.05 Å². The Hall–Kier alpha value is -2.51. The molecule has 0 aliphatic carbocycles. The van der Waals surface area contributed by atoms with Crippen LogP contribution in [0.25, 0.3) is 0 Å². The summed E-state index contributed by atoms with van der Waals surface area (Å²) < 4.78 is 44.6. The molecule has 1 aromatic heterocycles. The first-order chi connectivity index (χ1) is 11.8. The van der Waals surface area contributed by atoms with E-state index in [0.29, 0.717) is 17.0 Å². The molecule has 0 spiro atoms. The van der Waals surface area contributed by atoms with Gasteiger partial charge in [-0.15, -0.1) is 0 Å². The number of ether oxygens (including phenoxy) is 1. The summed E-state index contributed by atoms with van der Waals surface area (Å²) in [6.45, 7) is 0.494. The summed E-state index contributed by atoms with van der Waals surface area (Å²) in [5.74, 6) is 0.226. The van der Waals surface area contributed by atoms with Gasteiger partial charge in [-0.25, -0.2) is 0 Å². The summed E-state index contributed by atoms with van der Waals surface area (Å²) in [7, 11) is 2.75. The van der Waals surface area contributed by atoms with Crippen LogP contribution in [0.15, 0.2) is 30.3 Å². The number of aromatic nitrogens is 2. The SMILES string of the molecule is COc1ccc([C@H]2CCCN2C(=O)c2cc(C(F)(F)F)n(C)n2)cc1. The normalized spacial score (nSPS) is 17.8. The maximum atomic E-state index is 12.9. The predicted octanol–water partition coefficient (Wildman–Crippen LogP) is 3.42. The molecule has 8 heteroatoms. The molecule has 1 atom stereocenters. The van der Waals surface area contributed by atoms with Gasteiger partial charge < -0.3 is 9.64 Å². The third-order valence-corrected chi connectivity index (χ3v) is 4.40. The zero-order chi connectivity index (χ0) is 18.2. The third kappa shape index (κ3) is 3.33. The molecule has 2 aromatic rings. The summed E-state index contributed by atoms with van der Waals surface area (Å²) in [5, 5.41) is 3.76. The lowest BCUT2D eigenvalue weighted by atomic mass is 10.0. The van der Waals surface area contributed by atoms with Crippen LogP contribution in [0.2, 0.25) is 0 Å². The van der Waals surface area contributed by atoms with Crippen LogP contribution in [0.5, 0.6) is 5.75 Å². The second kappa shape index (κ2) is 6.42. The summed E-state index contributed by atoms with van der Waals surface area (Å²) in [6.07, 6.45) is -2.99. The minimum atomic E-state index is -4.54. The van der Waals surface area contributed by atoms with Crippen molar-refractivity contribution in [1.82, 2.24) is 14.7 Å². The standard InChI is InChI=1S/C17H18F3N3O2/c1-22-15(17(18,19)20)10-13(21-22)16(24)23-9-3-4-14(23)11-5-7-12(25-2)8-6-11/h5-8,10,14H,3-4,9H2,1-2H3/t14-/m1/s1. The van der Waals surface area contributed by atoms with Gasteiger partial charge >= 0.3 is 6.18 Å². The number of rotatable bonds is 3. The Morgan fingerprint density at radius 3 is 2.52 bits per heavy atom. The van der Waals surface area contributed by atoms with E-state index in [-0.39, 0.29) is 11.7 Å². The molecule has 1 amide bonds. The number of halogens is 3. The van der Waals surface area contributed by atoms with Gasteiger partial charge in [0.15, 0.2) is 5.69 Å². The van der Waals surface area contributed by atoms with Crippen molar-refractivity contribution < 1.29 is 22.7 Å². The molecular formula is C17H18F3N3O2. The number of carbonyl (C=O) groups excluding carboxylic acids is 1. The molecule has 2 heterocycles. The number of hydrogen-bond donors (Lipinski definition) is 0. The highest BCUT2D eigenvalue weighted by atomic mass is 19.4. The maximum absolute atomic E-state index is 12.9. The molecule has 0 bridgehead atoms. The summed E-state index contributed by atoms with van der Waals surface area (Å²) in [6, 6.07) is 7.99. The van der Waals surface area contributed by atoms with E-state index in [9.17, 15) is 18.0 Å². The van der Waals surface area contributed by atoms with Crippen LogP contribution in [-0.4, -0.2) is 34.2 Å². The van der Waals surface area contributed by atoms with Crippen molar-refractivity contribution in [2.75, 3.05) is 13.7 Å². The van der Waals surface area contributed by atoms with Crippen LogP contribution in [0.4, 0.5) is 13.2 Å². The Balaban J connectivity index is 1.85. The van der Waals surface area contributed by atoms with Gasteiger partial charge in [0.2, 0.25) is 0 Å². The maximum Gasteiger partial charge on any atom is 0.433 e. The van der Waals surface area contributed by atoms with E-state index in [4.69, 9.17) is 4.74 Å². The quantitative estimate of drug-likeness (QED) is 0.849. The Morgan fingerprint density at radius 2 is 1.96 bits per heavy atom. The lowest BCUT2D eigenvalue weighted by Crippen LogP contribution is -2.31. The molecule has 1 fully saturated rings. The summed E-state index contributed by atoms with van der Waals surface area (Å²) >= 11 is 0. The van der Waals surface area contributed by atoms with Gasteiger partial charge in [-0.1, -0.05) is 12.1 Å². The monoisotopic (exact) mass is 353 g/mol. The molecule has 25 heavy (non-hydrogen) atoms. The predicted molar refractivity (Wildman–Crippen MR) is 84.2 cm³/mol. The van der Waals surface area contributed by atoms with Crippen LogP contribution < -0.4 is 4.74 Å². The van der Waals surface area contributed by atoms with Gasteiger partial charge in [0, 0.05) is 19.7 Å². The first-order valence-corrected chi connectivity index (χ1v) is 7.87. The molecule has 1 aliphatic heterocycles. The van der Waals surface area contributed by atoms with Crippen molar-refractivity contribution in [3.8, 4) is 5.75 Å². The molecule has 1 aromatic carbocycles. The number of methoxy groups -OCH3 is 1. The molecule has 0 unspecified atom stereocenters. The van der Waals surface area contributed by atoms with E-state index in [2.05, 4.69) is 5.10 Å². The second-order valence-electron chi connectivity index (χ2n) is 5.97. The van der Waals surface area contributed by atoms with Crippen molar-refractivity contribution in [3.05, 3.63) is 47.3 Å². The van der Waals surface area contributed by atoms with E-state index in [1.165, 1.54) is 7.05 Å². The molecule has 134 valence electrons. The highest BCUT2D eigenvalue weighted by molar-refractivity contribution is 5.93. The Labute approximate surface area is 143 Å². The zero-order valence-corrected chi connectivity index (χ0v) is 13.9. The van der Waals surface area contributed by atoms with E-state index >= 15 is 0 Å². The van der Waals surface area contributed by atoms with Gasteiger partial charge in [0.1, 0.15) is 11.4 Å². The first-order valence-electron chi connectivity index (χ1n) is 7.87. The molecular weight excluding hydrogens is 335 g/mol. The van der Waals surface area contributed by atoms with Crippen LogP contribution in [-0.2, 0) is 13.2 Å². The fourth-order valence-electron chi connectivity index (χ4n) is 3.17. The minimum absolute atomic E-state index is 0.172. The zero-order valence-electron chi connectivity index (χ0n) is 13.9. The molecule has 0 saturated carbocycles. The van der Waals surface area contributed by atoms with Crippen LogP contribution in [0.1, 0.15) is 40.6 Å². The van der Waals surface area contributed by atoms with Gasteiger partial charge in [-0.05, 0) is 30.5 Å². The van der Waals surface area contributed by atoms with Crippen molar-refractivity contribution in [3.63, 3.8) is 0 Å². The molecule has 5 nitrogen and oxygen atoms in total. The van der Waals surface area contributed by atoms with Crippen LogP contribution in [0.3, 0.4) is 0 Å². The van der Waals surface area contributed by atoms with E-state index in [1.807, 2.05) is 12.1 Å². The van der Waals surface area contributed by atoms with Crippen molar-refractivity contribution >= 4 is 5.91 Å². The lowest BCUT2D eigenvalue weighted by molar-refractivity contribution is -0.143. The van der Waals surface area contributed by atoms with Gasteiger partial charge in [-0.2, -0.15) is 18.3 Å². The van der Waals surface area contributed by atoms with Gasteiger partial charge in [0.05, 0.1) is 13.2 Å². The number of amides is 1. The number of carbonyl (C=O) groups is 1. The molecule has 1 saturated heterocycles. The number of benzene rings is 1. The second-order valence-corrected chi connectivity index (χ2v) is 5.97. The average molecular weight is 353 g/mol. The lowest BCUT2D eigenvalue weighted by Gasteiger charge is -2.24. The van der Waals surface area contributed by atoms with Gasteiger partial charge in [-0.3, -0.25) is 9.48 Å². The van der Waals surface area contributed by atoms with Crippen LogP contribution >= 0.6 is 0 Å². The molecule has 0 N–H and O–H groups in total. The highest BCUT2D eigenvalue weighted by Gasteiger charge is 2.38. The molecule has 3 rings (SSSR count). The Bertz CT molecular complexity index is 768. The Kier molecular flexibility index (Phi) is 4.45. The van der Waals surface area contributed by atoms with Crippen molar-refractivity contribution in [1.29, 1.82) is 0 Å². The molecule has 1 aliphatic rings. The number of nitrogens with zero attached hydrogens (tertiary/aromatic N) is 3. The van der Waals surface area contributed by atoms with E-state index in [0.717, 1.165) is 24.5 Å². The van der Waals surface area contributed by atoms with Gasteiger partial charge in [0.25, 0.3) is 5.91 Å². The number of hydrogen-bond acceptors (Lipinski definition) is 3. The number of alkyl halides is 3. The van der Waals surface area contributed by atoms with Crippen molar-refractivity contribution in [2.45, 2.75) is 25.1 Å². The summed E-state index contributed by atoms with van der Waals surface area (Å²) in [4.78, 5) is 14.3. The average Bonchev–Trinajstić information content (AvgIpc) is 3.20. The smallest absolute Gasteiger partial charge is 0.433 e. The fraction of sp³-hybridized carbons (Fsp3) is 0.412. The summed E-state index contributed by atoms with van der Waals surface area (Å²) in [5.41, 5.74) is -0.190. The van der Waals surface area contributed by atoms with E-state index < -0.39 is 17.8 Å². The Morgan fingerprint density at radius 1 is 1.28 bits per heavy atom. The number of aryl methyl sites for hydroxylation is 1. The fourth-order valence-corrected chi connectivity index (χ4v) is 3.17. The molecule has 0 radical (unpaired) electrons. The highest BCUT2D eigenvalue weighted by Crippen LogP contribution is 2.35. The first kappa shape index (κ1) is 17.3. The van der Waals surface area contributed by atoms with E-state index in [1.54, 1.807) is 24.1 Å². The third-order valence-electron chi connectivity index (χ3n) is 4.40. The minimum Gasteiger partial charge on any atom is -0.497 e.